The van der Waals surface area contributed by atoms with E-state index in [1.54, 1.807) is 0 Å². The molecule has 0 aliphatic carbocycles. The third-order valence-corrected chi connectivity index (χ3v) is 4.03. The lowest BCUT2D eigenvalue weighted by Gasteiger charge is -2.32. The van der Waals surface area contributed by atoms with Gasteiger partial charge in [0.2, 0.25) is 0 Å². The van der Waals surface area contributed by atoms with Gasteiger partial charge in [-0.25, -0.2) is 4.39 Å². The van der Waals surface area contributed by atoms with E-state index in [1.807, 2.05) is 27.7 Å². The summed E-state index contributed by atoms with van der Waals surface area (Å²) in [5.41, 5.74) is -1.61. The molecule has 1 N–H and O–H groups in total. The number of rotatable bonds is 2. The Bertz CT molecular complexity index is 510. The van der Waals surface area contributed by atoms with Crippen LogP contribution in [-0.4, -0.2) is 28.4 Å². The molecule has 0 bridgehead atoms. The van der Waals surface area contributed by atoms with Gasteiger partial charge in [-0.3, -0.25) is 4.98 Å². The van der Waals surface area contributed by atoms with Gasteiger partial charge in [0, 0.05) is 5.56 Å². The third-order valence-electron chi connectivity index (χ3n) is 4.03. The van der Waals surface area contributed by atoms with Crippen molar-refractivity contribution in [2.45, 2.75) is 58.3 Å². The Morgan fingerprint density at radius 3 is 2.15 bits per heavy atom. The molecule has 1 aromatic rings. The van der Waals surface area contributed by atoms with Crippen LogP contribution in [0.15, 0.2) is 12.3 Å². The summed E-state index contributed by atoms with van der Waals surface area (Å²) in [5, 5.41) is 9.99. The number of halogens is 1. The fourth-order valence-electron chi connectivity index (χ4n) is 2.02. The monoisotopic (exact) mass is 281 g/mol. The molecule has 6 heteroatoms. The number of aliphatic hydroxyl groups is 1. The van der Waals surface area contributed by atoms with E-state index in [-0.39, 0.29) is 5.56 Å². The number of hydrogen-bond donors (Lipinski definition) is 1. The van der Waals surface area contributed by atoms with Crippen molar-refractivity contribution in [3.8, 4) is 0 Å². The van der Waals surface area contributed by atoms with Gasteiger partial charge in [0.15, 0.2) is 0 Å². The van der Waals surface area contributed by atoms with E-state index in [0.29, 0.717) is 5.59 Å². The average Bonchev–Trinajstić information content (AvgIpc) is 2.47. The van der Waals surface area contributed by atoms with E-state index in [4.69, 9.17) is 9.31 Å². The second-order valence-corrected chi connectivity index (χ2v) is 6.74. The molecule has 0 unspecified atom stereocenters. The lowest BCUT2D eigenvalue weighted by atomic mass is 9.82. The highest BCUT2D eigenvalue weighted by Crippen LogP contribution is 2.36. The maximum absolute atomic E-state index is 13.8. The lowest BCUT2D eigenvalue weighted by molar-refractivity contribution is 0.00578. The highest BCUT2D eigenvalue weighted by atomic mass is 19.1. The normalized spacial score (nSPS) is 21.3. The minimum Gasteiger partial charge on any atom is -0.398 e. The molecule has 0 atom stereocenters. The van der Waals surface area contributed by atoms with Crippen LogP contribution in [0.1, 0.15) is 47.1 Å². The predicted molar refractivity (Wildman–Crippen MR) is 75.2 cm³/mol. The standard InChI is InChI=1S/C14H21BFNO3/c1-12(2,18)9-7-11(17-8-10(9)16)15-19-13(3,4)14(5,6)20-15/h7-8,18H,1-6H3. The van der Waals surface area contributed by atoms with Gasteiger partial charge in [0.1, 0.15) is 5.82 Å². The van der Waals surface area contributed by atoms with E-state index in [1.165, 1.54) is 19.9 Å². The Balaban J connectivity index is 2.37. The van der Waals surface area contributed by atoms with Gasteiger partial charge in [0.25, 0.3) is 0 Å². The van der Waals surface area contributed by atoms with E-state index in [0.717, 1.165) is 6.20 Å². The summed E-state index contributed by atoms with van der Waals surface area (Å²) in [6.07, 6.45) is 1.09. The van der Waals surface area contributed by atoms with Gasteiger partial charge >= 0.3 is 7.12 Å². The summed E-state index contributed by atoms with van der Waals surface area (Å²) in [6, 6.07) is 1.50. The summed E-state index contributed by atoms with van der Waals surface area (Å²) < 4.78 is 25.5. The minimum absolute atomic E-state index is 0.178. The van der Waals surface area contributed by atoms with Crippen molar-refractivity contribution < 1.29 is 18.8 Å². The predicted octanol–water partition coefficient (Wildman–Crippen LogP) is 1.75. The molecule has 1 aliphatic heterocycles. The molecule has 2 heterocycles. The molecule has 20 heavy (non-hydrogen) atoms. The summed E-state index contributed by atoms with van der Waals surface area (Å²) >= 11 is 0. The number of pyridine rings is 1. The maximum atomic E-state index is 13.8. The highest BCUT2D eigenvalue weighted by molar-refractivity contribution is 6.61. The fraction of sp³-hybridized carbons (Fsp3) is 0.643. The number of nitrogens with zero attached hydrogens (tertiary/aromatic N) is 1. The van der Waals surface area contributed by atoms with Gasteiger partial charge in [-0.15, -0.1) is 0 Å². The smallest absolute Gasteiger partial charge is 0.398 e. The topological polar surface area (TPSA) is 51.6 Å². The molecule has 1 saturated heterocycles. The fourth-order valence-corrected chi connectivity index (χ4v) is 2.02. The first-order valence-corrected chi connectivity index (χ1v) is 6.68. The SMILES string of the molecule is CC(C)(O)c1cc(B2OC(C)(C)C(C)(C)O2)ncc1F. The van der Waals surface area contributed by atoms with Crippen LogP contribution in [-0.2, 0) is 14.9 Å². The maximum Gasteiger partial charge on any atom is 0.514 e. The molecule has 0 amide bonds. The van der Waals surface area contributed by atoms with Crippen LogP contribution in [0, 0.1) is 5.82 Å². The van der Waals surface area contributed by atoms with Gasteiger partial charge in [0.05, 0.1) is 28.6 Å². The van der Waals surface area contributed by atoms with Crippen molar-refractivity contribution in [3.05, 3.63) is 23.6 Å². The van der Waals surface area contributed by atoms with E-state index in [2.05, 4.69) is 4.98 Å². The Kier molecular flexibility index (Phi) is 3.48. The largest absolute Gasteiger partial charge is 0.514 e. The summed E-state index contributed by atoms with van der Waals surface area (Å²) in [7, 11) is -0.665. The van der Waals surface area contributed by atoms with Gasteiger partial charge < -0.3 is 14.4 Å². The molecule has 1 fully saturated rings. The Morgan fingerprint density at radius 1 is 1.20 bits per heavy atom. The second-order valence-electron chi connectivity index (χ2n) is 6.74. The Hall–Kier alpha value is -0.975. The first-order chi connectivity index (χ1) is 8.94. The zero-order valence-electron chi connectivity index (χ0n) is 12.8. The number of aromatic nitrogens is 1. The van der Waals surface area contributed by atoms with Gasteiger partial charge in [-0.1, -0.05) is 0 Å². The van der Waals surface area contributed by atoms with E-state index in [9.17, 15) is 9.50 Å². The Labute approximate surface area is 119 Å². The van der Waals surface area contributed by atoms with Crippen molar-refractivity contribution in [1.29, 1.82) is 0 Å². The first kappa shape index (κ1) is 15.4. The number of hydrogen-bond acceptors (Lipinski definition) is 4. The third kappa shape index (κ3) is 2.60. The molecule has 0 spiro atoms. The molecular weight excluding hydrogens is 260 g/mol. The molecule has 0 radical (unpaired) electrons. The van der Waals surface area contributed by atoms with E-state index >= 15 is 0 Å². The lowest BCUT2D eigenvalue weighted by Crippen LogP contribution is -2.41. The summed E-state index contributed by atoms with van der Waals surface area (Å²) in [6.45, 7) is 10.8. The molecule has 2 rings (SSSR count). The molecule has 1 aliphatic rings. The second kappa shape index (κ2) is 4.51. The summed E-state index contributed by atoms with van der Waals surface area (Å²) in [5.74, 6) is -0.544. The minimum atomic E-state index is -1.29. The first-order valence-electron chi connectivity index (χ1n) is 6.68. The van der Waals surface area contributed by atoms with Crippen LogP contribution in [0.3, 0.4) is 0 Å². The van der Waals surface area contributed by atoms with Crippen molar-refractivity contribution in [1.82, 2.24) is 4.98 Å². The Morgan fingerprint density at radius 2 is 1.70 bits per heavy atom. The average molecular weight is 281 g/mol. The molecule has 110 valence electrons. The van der Waals surface area contributed by atoms with Crippen molar-refractivity contribution in [3.63, 3.8) is 0 Å². The molecule has 0 saturated carbocycles. The molecular formula is C14H21BFNO3. The van der Waals surface area contributed by atoms with Crippen LogP contribution in [0.2, 0.25) is 0 Å². The summed E-state index contributed by atoms with van der Waals surface area (Å²) in [4.78, 5) is 4.03. The van der Waals surface area contributed by atoms with Crippen LogP contribution in [0.25, 0.3) is 0 Å². The zero-order chi connectivity index (χ0) is 15.3. The van der Waals surface area contributed by atoms with Gasteiger partial charge in [-0.2, -0.15) is 0 Å². The van der Waals surface area contributed by atoms with Crippen LogP contribution in [0.5, 0.6) is 0 Å². The zero-order valence-corrected chi connectivity index (χ0v) is 12.8. The van der Waals surface area contributed by atoms with Crippen LogP contribution in [0.4, 0.5) is 4.39 Å². The van der Waals surface area contributed by atoms with Gasteiger partial charge in [-0.05, 0) is 47.6 Å². The molecule has 4 nitrogen and oxygen atoms in total. The highest BCUT2D eigenvalue weighted by Gasteiger charge is 2.52. The van der Waals surface area contributed by atoms with Crippen LogP contribution < -0.4 is 5.59 Å². The van der Waals surface area contributed by atoms with E-state index < -0.39 is 29.7 Å². The van der Waals surface area contributed by atoms with Crippen molar-refractivity contribution in [2.24, 2.45) is 0 Å². The van der Waals surface area contributed by atoms with Crippen LogP contribution >= 0.6 is 0 Å². The van der Waals surface area contributed by atoms with Crippen molar-refractivity contribution >= 4 is 12.7 Å². The molecule has 1 aromatic heterocycles. The van der Waals surface area contributed by atoms with Crippen molar-refractivity contribution in [2.75, 3.05) is 0 Å². The quantitative estimate of drug-likeness (QED) is 0.839. The molecule has 0 aromatic carbocycles.